The van der Waals surface area contributed by atoms with Crippen molar-refractivity contribution in [2.24, 2.45) is 5.73 Å². The van der Waals surface area contributed by atoms with Gasteiger partial charge in [0.1, 0.15) is 0 Å². The van der Waals surface area contributed by atoms with E-state index >= 15 is 0 Å². The van der Waals surface area contributed by atoms with Gasteiger partial charge in [0, 0.05) is 14.8 Å². The molecule has 2 rings (SSSR count). The van der Waals surface area contributed by atoms with Crippen LogP contribution in [-0.4, -0.2) is 29.0 Å². The van der Waals surface area contributed by atoms with Crippen LogP contribution in [0.5, 0.6) is 0 Å². The Morgan fingerprint density at radius 3 is 2.26 bits per heavy atom. The molecule has 0 aliphatic carbocycles. The molecule has 27 heavy (non-hydrogen) atoms. The molecule has 0 spiro atoms. The molecule has 0 aliphatic heterocycles. The molecule has 148 valence electrons. The third kappa shape index (κ3) is 6.40. The highest BCUT2D eigenvalue weighted by Gasteiger charge is 2.30. The number of hydrogen-bond acceptors (Lipinski definition) is 4. The SMILES string of the molecule is NC(CO)(CO)CCCc1ccc(Sc2cccc(C(F)(F)F)c2)cc1Cl. The molecule has 0 saturated carbocycles. The zero-order valence-electron chi connectivity index (χ0n) is 14.5. The maximum Gasteiger partial charge on any atom is 0.416 e. The predicted molar refractivity (Wildman–Crippen MR) is 101 cm³/mol. The number of rotatable bonds is 8. The van der Waals surface area contributed by atoms with E-state index in [0.717, 1.165) is 22.6 Å². The molecule has 2 aromatic rings. The number of aliphatic hydroxyl groups is 2. The van der Waals surface area contributed by atoms with Crippen molar-refractivity contribution in [2.75, 3.05) is 13.2 Å². The lowest BCUT2D eigenvalue weighted by Crippen LogP contribution is -2.47. The van der Waals surface area contributed by atoms with Crippen molar-refractivity contribution in [3.05, 3.63) is 58.6 Å². The van der Waals surface area contributed by atoms with E-state index in [4.69, 9.17) is 17.3 Å². The van der Waals surface area contributed by atoms with Gasteiger partial charge in [0.2, 0.25) is 0 Å². The van der Waals surface area contributed by atoms with Crippen LogP contribution in [0.4, 0.5) is 13.2 Å². The number of alkyl halides is 3. The predicted octanol–water partition coefficient (Wildman–Crippen LogP) is 4.51. The number of benzene rings is 2. The summed E-state index contributed by atoms with van der Waals surface area (Å²) in [5.74, 6) is 0. The van der Waals surface area contributed by atoms with Gasteiger partial charge in [0.05, 0.1) is 24.3 Å². The normalized spacial score (nSPS) is 12.4. The van der Waals surface area contributed by atoms with E-state index in [0.29, 0.717) is 29.2 Å². The van der Waals surface area contributed by atoms with Crippen LogP contribution in [0, 0.1) is 0 Å². The van der Waals surface area contributed by atoms with Crippen molar-refractivity contribution in [1.29, 1.82) is 0 Å². The third-order valence-corrected chi connectivity index (χ3v) is 5.50. The number of halogens is 4. The number of aryl methyl sites for hydroxylation is 1. The highest BCUT2D eigenvalue weighted by Crippen LogP contribution is 2.35. The zero-order valence-corrected chi connectivity index (χ0v) is 16.0. The zero-order chi connectivity index (χ0) is 20.1. The number of aliphatic hydroxyl groups excluding tert-OH is 2. The van der Waals surface area contributed by atoms with Crippen molar-refractivity contribution in [3.8, 4) is 0 Å². The van der Waals surface area contributed by atoms with E-state index in [2.05, 4.69) is 0 Å². The maximum atomic E-state index is 12.8. The van der Waals surface area contributed by atoms with E-state index in [1.807, 2.05) is 6.07 Å². The summed E-state index contributed by atoms with van der Waals surface area (Å²) in [5.41, 5.74) is 5.02. The second-order valence-corrected chi connectivity index (χ2v) is 7.97. The van der Waals surface area contributed by atoms with Crippen LogP contribution < -0.4 is 5.73 Å². The molecule has 0 saturated heterocycles. The molecule has 0 aromatic heterocycles. The van der Waals surface area contributed by atoms with Gasteiger partial charge in [-0.3, -0.25) is 0 Å². The lowest BCUT2D eigenvalue weighted by Gasteiger charge is -2.24. The Morgan fingerprint density at radius 2 is 1.67 bits per heavy atom. The van der Waals surface area contributed by atoms with Crippen LogP contribution >= 0.6 is 23.4 Å². The Balaban J connectivity index is 2.02. The topological polar surface area (TPSA) is 66.5 Å². The summed E-state index contributed by atoms with van der Waals surface area (Å²) in [7, 11) is 0. The largest absolute Gasteiger partial charge is 0.416 e. The van der Waals surface area contributed by atoms with Crippen molar-refractivity contribution in [1.82, 2.24) is 0 Å². The van der Waals surface area contributed by atoms with Crippen LogP contribution in [0.3, 0.4) is 0 Å². The molecule has 2 aromatic carbocycles. The van der Waals surface area contributed by atoms with Gasteiger partial charge in [-0.2, -0.15) is 13.2 Å². The average Bonchev–Trinajstić information content (AvgIpc) is 2.63. The van der Waals surface area contributed by atoms with Crippen molar-refractivity contribution in [2.45, 2.75) is 40.8 Å². The fourth-order valence-electron chi connectivity index (χ4n) is 2.51. The Bertz CT molecular complexity index is 767. The Labute approximate surface area is 165 Å². The van der Waals surface area contributed by atoms with Crippen LogP contribution in [0.2, 0.25) is 5.02 Å². The van der Waals surface area contributed by atoms with Crippen molar-refractivity contribution >= 4 is 23.4 Å². The molecular formula is C19H21ClF3NO2S. The van der Waals surface area contributed by atoms with Gasteiger partial charge in [-0.25, -0.2) is 0 Å². The van der Waals surface area contributed by atoms with Gasteiger partial charge in [-0.15, -0.1) is 0 Å². The van der Waals surface area contributed by atoms with Crippen molar-refractivity contribution < 1.29 is 23.4 Å². The molecule has 0 amide bonds. The highest BCUT2D eigenvalue weighted by atomic mass is 35.5. The smallest absolute Gasteiger partial charge is 0.394 e. The molecule has 4 N–H and O–H groups in total. The summed E-state index contributed by atoms with van der Waals surface area (Å²) in [5, 5.41) is 18.9. The van der Waals surface area contributed by atoms with Gasteiger partial charge in [-0.1, -0.05) is 35.5 Å². The monoisotopic (exact) mass is 419 g/mol. The number of nitrogens with two attached hydrogens (primary N) is 1. The Kier molecular flexibility index (Phi) is 7.59. The molecule has 0 heterocycles. The van der Waals surface area contributed by atoms with Gasteiger partial charge in [0.15, 0.2) is 0 Å². The van der Waals surface area contributed by atoms with Crippen LogP contribution in [-0.2, 0) is 12.6 Å². The minimum absolute atomic E-state index is 0.302. The quantitative estimate of drug-likeness (QED) is 0.588. The molecule has 8 heteroatoms. The average molecular weight is 420 g/mol. The fraction of sp³-hybridized carbons (Fsp3) is 0.368. The first-order chi connectivity index (χ1) is 12.7. The van der Waals surface area contributed by atoms with Crippen LogP contribution in [0.1, 0.15) is 24.0 Å². The standard InChI is InChI=1S/C19H21ClF3NO2S/c20-17-10-16(27-15-5-1-4-14(9-15)19(21,22)23)7-6-13(17)3-2-8-18(24,11-25)12-26/h1,4-7,9-10,25-26H,2-3,8,11-12,24H2. The summed E-state index contributed by atoms with van der Waals surface area (Å²) >= 11 is 7.50. The fourth-order valence-corrected chi connectivity index (χ4v) is 3.76. The molecule has 0 fully saturated rings. The van der Waals surface area contributed by atoms with E-state index in [-0.39, 0.29) is 13.2 Å². The van der Waals surface area contributed by atoms with E-state index < -0.39 is 17.3 Å². The lowest BCUT2D eigenvalue weighted by molar-refractivity contribution is -0.137. The van der Waals surface area contributed by atoms with Gasteiger partial charge in [-0.05, 0) is 55.2 Å². The minimum Gasteiger partial charge on any atom is -0.394 e. The Morgan fingerprint density at radius 1 is 1.00 bits per heavy atom. The first-order valence-electron chi connectivity index (χ1n) is 8.31. The van der Waals surface area contributed by atoms with E-state index in [1.54, 1.807) is 18.2 Å². The molecule has 3 nitrogen and oxygen atoms in total. The van der Waals surface area contributed by atoms with Crippen LogP contribution in [0.15, 0.2) is 52.3 Å². The molecule has 0 unspecified atom stereocenters. The van der Waals surface area contributed by atoms with Crippen molar-refractivity contribution in [3.63, 3.8) is 0 Å². The summed E-state index contributed by atoms with van der Waals surface area (Å²) in [6.07, 6.45) is -2.68. The second-order valence-electron chi connectivity index (χ2n) is 6.41. The summed E-state index contributed by atoms with van der Waals surface area (Å²) in [6, 6.07) is 10.5. The first-order valence-corrected chi connectivity index (χ1v) is 9.50. The van der Waals surface area contributed by atoms with Crippen LogP contribution in [0.25, 0.3) is 0 Å². The highest BCUT2D eigenvalue weighted by molar-refractivity contribution is 7.99. The summed E-state index contributed by atoms with van der Waals surface area (Å²) in [4.78, 5) is 1.22. The molecule has 0 bridgehead atoms. The van der Waals surface area contributed by atoms with E-state index in [9.17, 15) is 23.4 Å². The molecule has 0 aliphatic rings. The third-order valence-electron chi connectivity index (χ3n) is 4.17. The molecule has 0 radical (unpaired) electrons. The summed E-state index contributed by atoms with van der Waals surface area (Å²) in [6.45, 7) is -0.604. The minimum atomic E-state index is -4.38. The first kappa shape index (κ1) is 22.0. The van der Waals surface area contributed by atoms with Gasteiger partial charge < -0.3 is 15.9 Å². The number of hydrogen-bond donors (Lipinski definition) is 3. The van der Waals surface area contributed by atoms with E-state index in [1.165, 1.54) is 17.8 Å². The lowest BCUT2D eigenvalue weighted by atomic mass is 9.94. The Hall–Kier alpha value is -1.25. The molecule has 0 atom stereocenters. The second kappa shape index (κ2) is 9.30. The molecular weight excluding hydrogens is 399 g/mol. The maximum absolute atomic E-state index is 12.8. The van der Waals surface area contributed by atoms with Gasteiger partial charge >= 0.3 is 6.18 Å². The summed E-state index contributed by atoms with van der Waals surface area (Å²) < 4.78 is 38.4. The van der Waals surface area contributed by atoms with Gasteiger partial charge in [0.25, 0.3) is 0 Å².